The molecule has 0 amide bonds. The first-order valence-electron chi connectivity index (χ1n) is 15.3. The SMILES string of the molecule is c1ccc(-n2c(-n3c4ccccc4c4cc5cc6c(cc5cc43)c3ccccc3n6-c3ccccc3)nc3ccccc32)cc1. The van der Waals surface area contributed by atoms with Gasteiger partial charge < -0.3 is 4.57 Å². The molecule has 4 nitrogen and oxygen atoms in total. The zero-order valence-electron chi connectivity index (χ0n) is 24.3. The summed E-state index contributed by atoms with van der Waals surface area (Å²) in [4.78, 5) is 5.26. The minimum absolute atomic E-state index is 0.884. The standard InChI is InChI=1S/C41H26N4/c1-3-13-29(14-4-1)43-36-20-10-7-17-31(36)33-23-28-26-40-34(24-27(28)25-39(33)43)32-18-8-11-21-37(32)45(40)41-42-35-19-9-12-22-38(35)44(41)30-15-5-2-6-16-30/h1-26H. The predicted octanol–water partition coefficient (Wildman–Crippen LogP) is 10.4. The molecule has 0 atom stereocenters. The van der Waals surface area contributed by atoms with Crippen LogP contribution in [0.5, 0.6) is 0 Å². The lowest BCUT2D eigenvalue weighted by Crippen LogP contribution is -2.05. The van der Waals surface area contributed by atoms with Crippen molar-refractivity contribution in [2.75, 3.05) is 0 Å². The molecule has 210 valence electrons. The Morgan fingerprint density at radius 3 is 1.42 bits per heavy atom. The maximum absolute atomic E-state index is 5.26. The Balaban J connectivity index is 1.33. The molecule has 0 unspecified atom stereocenters. The van der Waals surface area contributed by atoms with Crippen LogP contribution in [0.2, 0.25) is 0 Å². The van der Waals surface area contributed by atoms with Gasteiger partial charge in [0.15, 0.2) is 0 Å². The Labute approximate surface area is 258 Å². The summed E-state index contributed by atoms with van der Waals surface area (Å²) in [5, 5.41) is 7.35. The van der Waals surface area contributed by atoms with Gasteiger partial charge in [0, 0.05) is 32.9 Å². The lowest BCUT2D eigenvalue weighted by atomic mass is 10.0. The summed E-state index contributed by atoms with van der Waals surface area (Å²) in [5.41, 5.74) is 9.01. The Morgan fingerprint density at radius 1 is 0.333 bits per heavy atom. The third-order valence-electron chi connectivity index (χ3n) is 9.19. The van der Waals surface area contributed by atoms with E-state index < -0.39 is 0 Å². The number of hydrogen-bond donors (Lipinski definition) is 0. The Kier molecular flexibility index (Phi) is 4.96. The molecule has 3 aromatic heterocycles. The van der Waals surface area contributed by atoms with Crippen LogP contribution in [0.1, 0.15) is 0 Å². The highest BCUT2D eigenvalue weighted by atomic mass is 15.2. The van der Waals surface area contributed by atoms with Crippen molar-refractivity contribution in [3.63, 3.8) is 0 Å². The van der Waals surface area contributed by atoms with Crippen molar-refractivity contribution in [3.8, 4) is 17.3 Å². The van der Waals surface area contributed by atoms with E-state index in [0.717, 1.165) is 33.7 Å². The monoisotopic (exact) mass is 574 g/mol. The van der Waals surface area contributed by atoms with Gasteiger partial charge in [-0.1, -0.05) is 84.9 Å². The number of benzene rings is 7. The van der Waals surface area contributed by atoms with Crippen LogP contribution in [-0.2, 0) is 0 Å². The fraction of sp³-hybridized carbons (Fsp3) is 0. The van der Waals surface area contributed by atoms with Gasteiger partial charge in [0.1, 0.15) is 0 Å². The van der Waals surface area contributed by atoms with E-state index in [2.05, 4.69) is 171 Å². The summed E-state index contributed by atoms with van der Waals surface area (Å²) < 4.78 is 7.01. The number of imidazole rings is 1. The molecule has 10 rings (SSSR count). The van der Waals surface area contributed by atoms with Crippen LogP contribution in [0.4, 0.5) is 0 Å². The molecule has 0 radical (unpaired) electrons. The quantitative estimate of drug-likeness (QED) is 0.206. The highest BCUT2D eigenvalue weighted by molar-refractivity contribution is 6.18. The number of rotatable bonds is 3. The molecule has 0 spiro atoms. The van der Waals surface area contributed by atoms with E-state index in [1.54, 1.807) is 0 Å². The van der Waals surface area contributed by atoms with E-state index >= 15 is 0 Å². The summed E-state index contributed by atoms with van der Waals surface area (Å²) in [7, 11) is 0. The van der Waals surface area contributed by atoms with E-state index in [1.165, 1.54) is 49.0 Å². The number of aromatic nitrogens is 4. The number of fused-ring (bicyclic) bond motifs is 8. The molecule has 0 aliphatic carbocycles. The third kappa shape index (κ3) is 3.45. The van der Waals surface area contributed by atoms with Crippen molar-refractivity contribution in [2.24, 2.45) is 0 Å². The molecular weight excluding hydrogens is 548 g/mol. The largest absolute Gasteiger partial charge is 0.309 e. The number of hydrogen-bond acceptors (Lipinski definition) is 1. The van der Waals surface area contributed by atoms with E-state index in [0.29, 0.717) is 0 Å². The second-order valence-electron chi connectivity index (χ2n) is 11.7. The first kappa shape index (κ1) is 24.3. The van der Waals surface area contributed by atoms with Crippen molar-refractivity contribution in [2.45, 2.75) is 0 Å². The molecule has 10 aromatic rings. The summed E-state index contributed by atoms with van der Waals surface area (Å²) >= 11 is 0. The van der Waals surface area contributed by atoms with Gasteiger partial charge in [0.25, 0.3) is 0 Å². The van der Waals surface area contributed by atoms with Crippen molar-refractivity contribution in [1.82, 2.24) is 18.7 Å². The molecule has 0 aliphatic rings. The van der Waals surface area contributed by atoms with Gasteiger partial charge in [-0.05, 0) is 83.6 Å². The molecule has 45 heavy (non-hydrogen) atoms. The predicted molar refractivity (Wildman–Crippen MR) is 187 cm³/mol. The number of nitrogens with zero attached hydrogens (tertiary/aromatic N) is 4. The molecular formula is C41H26N4. The Hall–Kier alpha value is -6.13. The van der Waals surface area contributed by atoms with Crippen molar-refractivity contribution in [1.29, 1.82) is 0 Å². The van der Waals surface area contributed by atoms with Crippen molar-refractivity contribution < 1.29 is 0 Å². The van der Waals surface area contributed by atoms with Gasteiger partial charge in [0.05, 0.1) is 33.1 Å². The highest BCUT2D eigenvalue weighted by Crippen LogP contribution is 2.39. The number of para-hydroxylation sites is 6. The van der Waals surface area contributed by atoms with Gasteiger partial charge >= 0.3 is 0 Å². The zero-order chi connectivity index (χ0) is 29.5. The molecule has 3 heterocycles. The summed E-state index contributed by atoms with van der Waals surface area (Å²) in [6, 6.07) is 56.5. The van der Waals surface area contributed by atoms with Crippen LogP contribution in [0.3, 0.4) is 0 Å². The van der Waals surface area contributed by atoms with Gasteiger partial charge in [-0.15, -0.1) is 0 Å². The van der Waals surface area contributed by atoms with Gasteiger partial charge in [0.2, 0.25) is 5.95 Å². The second-order valence-corrected chi connectivity index (χ2v) is 11.7. The Bertz CT molecular complexity index is 2750. The maximum Gasteiger partial charge on any atom is 0.220 e. The molecule has 0 fully saturated rings. The first-order valence-corrected chi connectivity index (χ1v) is 15.3. The van der Waals surface area contributed by atoms with Crippen LogP contribution >= 0.6 is 0 Å². The second kappa shape index (κ2) is 9.18. The van der Waals surface area contributed by atoms with Crippen LogP contribution in [0.25, 0.3) is 82.7 Å². The summed E-state index contributed by atoms with van der Waals surface area (Å²) in [6.07, 6.45) is 0. The van der Waals surface area contributed by atoms with E-state index in [-0.39, 0.29) is 0 Å². The fourth-order valence-corrected chi connectivity index (χ4v) is 7.24. The fourth-order valence-electron chi connectivity index (χ4n) is 7.24. The topological polar surface area (TPSA) is 27.7 Å². The highest BCUT2D eigenvalue weighted by Gasteiger charge is 2.21. The molecule has 7 aromatic carbocycles. The molecule has 0 saturated carbocycles. The van der Waals surface area contributed by atoms with Crippen molar-refractivity contribution in [3.05, 3.63) is 158 Å². The van der Waals surface area contributed by atoms with Gasteiger partial charge in [-0.25, -0.2) is 4.98 Å². The molecule has 4 heteroatoms. The average molecular weight is 575 g/mol. The van der Waals surface area contributed by atoms with E-state index in [9.17, 15) is 0 Å². The van der Waals surface area contributed by atoms with Gasteiger partial charge in [-0.3, -0.25) is 9.13 Å². The lowest BCUT2D eigenvalue weighted by Gasteiger charge is -2.12. The van der Waals surface area contributed by atoms with E-state index in [4.69, 9.17) is 4.98 Å². The average Bonchev–Trinajstić information content (AvgIpc) is 3.74. The minimum Gasteiger partial charge on any atom is -0.309 e. The maximum atomic E-state index is 5.26. The normalized spacial score (nSPS) is 12.0. The summed E-state index contributed by atoms with van der Waals surface area (Å²) in [6.45, 7) is 0. The van der Waals surface area contributed by atoms with Gasteiger partial charge in [-0.2, -0.15) is 0 Å². The van der Waals surface area contributed by atoms with Crippen LogP contribution in [0.15, 0.2) is 158 Å². The van der Waals surface area contributed by atoms with Crippen molar-refractivity contribution >= 4 is 65.4 Å². The third-order valence-corrected chi connectivity index (χ3v) is 9.19. The first-order chi connectivity index (χ1) is 22.3. The lowest BCUT2D eigenvalue weighted by molar-refractivity contribution is 0.956. The van der Waals surface area contributed by atoms with E-state index in [1.807, 2.05) is 0 Å². The molecule has 0 N–H and O–H groups in total. The van der Waals surface area contributed by atoms with Crippen LogP contribution in [0, 0.1) is 0 Å². The minimum atomic E-state index is 0.884. The van der Waals surface area contributed by atoms with Crippen LogP contribution in [-0.4, -0.2) is 18.7 Å². The smallest absolute Gasteiger partial charge is 0.220 e. The van der Waals surface area contributed by atoms with Crippen LogP contribution < -0.4 is 0 Å². The molecule has 0 saturated heterocycles. The Morgan fingerprint density at radius 2 is 0.800 bits per heavy atom. The molecule has 0 aliphatic heterocycles. The summed E-state index contributed by atoms with van der Waals surface area (Å²) in [5.74, 6) is 0.884. The zero-order valence-corrected chi connectivity index (χ0v) is 24.3. The molecule has 0 bridgehead atoms.